The van der Waals surface area contributed by atoms with Gasteiger partial charge in [-0.2, -0.15) is 0 Å². The summed E-state index contributed by atoms with van der Waals surface area (Å²) in [5, 5.41) is 7.70. The SMILES string of the molecule is Cc1cn(CC[C@H](N)Cc2cc(F)c(F)cc2F)nn1. The van der Waals surface area contributed by atoms with Crippen LogP contribution in [-0.2, 0) is 13.0 Å². The Labute approximate surface area is 114 Å². The predicted molar refractivity (Wildman–Crippen MR) is 67.4 cm³/mol. The Morgan fingerprint density at radius 2 is 1.90 bits per heavy atom. The maximum Gasteiger partial charge on any atom is 0.161 e. The molecular weight excluding hydrogens is 269 g/mol. The molecule has 0 amide bonds. The summed E-state index contributed by atoms with van der Waals surface area (Å²) >= 11 is 0. The van der Waals surface area contributed by atoms with Crippen molar-refractivity contribution < 1.29 is 13.2 Å². The van der Waals surface area contributed by atoms with Crippen LogP contribution in [0.25, 0.3) is 0 Å². The molecule has 2 rings (SSSR count). The quantitative estimate of drug-likeness (QED) is 0.854. The van der Waals surface area contributed by atoms with E-state index in [1.807, 2.05) is 6.92 Å². The topological polar surface area (TPSA) is 56.7 Å². The van der Waals surface area contributed by atoms with Crippen molar-refractivity contribution in [2.24, 2.45) is 5.73 Å². The highest BCUT2D eigenvalue weighted by atomic mass is 19.2. The molecule has 0 aliphatic heterocycles. The molecule has 1 aromatic carbocycles. The number of nitrogens with zero attached hydrogens (tertiary/aromatic N) is 3. The Hall–Kier alpha value is -1.89. The molecule has 0 saturated carbocycles. The summed E-state index contributed by atoms with van der Waals surface area (Å²) in [4.78, 5) is 0. The molecule has 108 valence electrons. The highest BCUT2D eigenvalue weighted by Gasteiger charge is 2.13. The second kappa shape index (κ2) is 6.04. The van der Waals surface area contributed by atoms with Crippen molar-refractivity contribution in [1.82, 2.24) is 15.0 Å². The normalized spacial score (nSPS) is 12.7. The zero-order valence-corrected chi connectivity index (χ0v) is 11.0. The van der Waals surface area contributed by atoms with Crippen LogP contribution in [0.2, 0.25) is 0 Å². The maximum absolute atomic E-state index is 13.5. The van der Waals surface area contributed by atoms with Gasteiger partial charge in [-0.05, 0) is 31.4 Å². The summed E-state index contributed by atoms with van der Waals surface area (Å²) in [6.45, 7) is 2.35. The summed E-state index contributed by atoms with van der Waals surface area (Å²) < 4.78 is 41.0. The van der Waals surface area contributed by atoms with Gasteiger partial charge in [0.1, 0.15) is 5.82 Å². The highest BCUT2D eigenvalue weighted by molar-refractivity contribution is 5.21. The van der Waals surface area contributed by atoms with Gasteiger partial charge in [0.2, 0.25) is 0 Å². The van der Waals surface area contributed by atoms with Gasteiger partial charge in [0, 0.05) is 24.8 Å². The van der Waals surface area contributed by atoms with Crippen LogP contribution in [0.15, 0.2) is 18.3 Å². The van der Waals surface area contributed by atoms with Crippen LogP contribution in [0, 0.1) is 24.4 Å². The van der Waals surface area contributed by atoms with Crippen LogP contribution in [0.3, 0.4) is 0 Å². The van der Waals surface area contributed by atoms with E-state index >= 15 is 0 Å². The molecular formula is C13H15F3N4. The molecule has 2 aromatic rings. The van der Waals surface area contributed by atoms with Crippen LogP contribution >= 0.6 is 0 Å². The summed E-state index contributed by atoms with van der Waals surface area (Å²) in [6, 6.07) is 1.02. The second-order valence-electron chi connectivity index (χ2n) is 4.73. The zero-order chi connectivity index (χ0) is 14.7. The number of hydrogen-bond acceptors (Lipinski definition) is 3. The van der Waals surface area contributed by atoms with Crippen molar-refractivity contribution in [3.63, 3.8) is 0 Å². The fourth-order valence-corrected chi connectivity index (χ4v) is 1.91. The van der Waals surface area contributed by atoms with Crippen molar-refractivity contribution in [3.05, 3.63) is 47.0 Å². The number of aromatic nitrogens is 3. The van der Waals surface area contributed by atoms with Gasteiger partial charge in [0.15, 0.2) is 11.6 Å². The van der Waals surface area contributed by atoms with Crippen molar-refractivity contribution in [1.29, 1.82) is 0 Å². The Morgan fingerprint density at radius 3 is 2.55 bits per heavy atom. The standard InChI is InChI=1S/C13H15F3N4/c1-8-7-20(19-18-8)3-2-10(17)4-9-5-12(15)13(16)6-11(9)14/h5-7,10H,2-4,17H2,1H3/t10-/m0/s1. The maximum atomic E-state index is 13.5. The molecule has 0 radical (unpaired) electrons. The summed E-state index contributed by atoms with van der Waals surface area (Å²) in [7, 11) is 0. The van der Waals surface area contributed by atoms with Crippen LogP contribution in [-0.4, -0.2) is 21.0 Å². The number of rotatable bonds is 5. The Bertz CT molecular complexity index is 597. The predicted octanol–water partition coefficient (Wildman–Crippen LogP) is 1.96. The van der Waals surface area contributed by atoms with Crippen LogP contribution < -0.4 is 5.73 Å². The summed E-state index contributed by atoms with van der Waals surface area (Å²) in [5.74, 6) is -3.05. The van der Waals surface area contributed by atoms with Gasteiger partial charge in [0.05, 0.1) is 5.69 Å². The minimum absolute atomic E-state index is 0.0752. The Balaban J connectivity index is 1.94. The lowest BCUT2D eigenvalue weighted by Crippen LogP contribution is -2.25. The van der Waals surface area contributed by atoms with Gasteiger partial charge < -0.3 is 5.73 Å². The first-order valence-corrected chi connectivity index (χ1v) is 6.21. The van der Waals surface area contributed by atoms with Gasteiger partial charge in [-0.3, -0.25) is 4.68 Å². The molecule has 1 heterocycles. The average molecular weight is 284 g/mol. The van der Waals surface area contributed by atoms with E-state index in [9.17, 15) is 13.2 Å². The fraction of sp³-hybridized carbons (Fsp3) is 0.385. The van der Waals surface area contributed by atoms with E-state index in [0.717, 1.165) is 11.8 Å². The average Bonchev–Trinajstić information content (AvgIpc) is 2.79. The summed E-state index contributed by atoms with van der Waals surface area (Å²) in [6.07, 6.45) is 2.43. The van der Waals surface area contributed by atoms with E-state index in [-0.39, 0.29) is 18.0 Å². The smallest absolute Gasteiger partial charge is 0.161 e. The molecule has 1 aromatic heterocycles. The van der Waals surface area contributed by atoms with Crippen molar-refractivity contribution in [2.45, 2.75) is 32.4 Å². The lowest BCUT2D eigenvalue weighted by atomic mass is 10.0. The molecule has 0 unspecified atom stereocenters. The molecule has 20 heavy (non-hydrogen) atoms. The van der Waals surface area contributed by atoms with Crippen LogP contribution in [0.4, 0.5) is 13.2 Å². The zero-order valence-electron chi connectivity index (χ0n) is 11.0. The first-order valence-electron chi connectivity index (χ1n) is 6.21. The first kappa shape index (κ1) is 14.5. The molecule has 0 spiro atoms. The van der Waals surface area contributed by atoms with Gasteiger partial charge in [-0.15, -0.1) is 5.10 Å². The van der Waals surface area contributed by atoms with Crippen molar-refractivity contribution >= 4 is 0 Å². The minimum atomic E-state index is -1.20. The van der Waals surface area contributed by atoms with E-state index in [0.29, 0.717) is 19.0 Å². The molecule has 0 fully saturated rings. The third-order valence-corrected chi connectivity index (χ3v) is 2.95. The number of hydrogen-bond donors (Lipinski definition) is 1. The Kier molecular flexibility index (Phi) is 4.39. The lowest BCUT2D eigenvalue weighted by molar-refractivity contribution is 0.473. The van der Waals surface area contributed by atoms with Gasteiger partial charge in [-0.25, -0.2) is 13.2 Å². The molecule has 0 bridgehead atoms. The van der Waals surface area contributed by atoms with Crippen molar-refractivity contribution in [3.8, 4) is 0 Å². The summed E-state index contributed by atoms with van der Waals surface area (Å²) in [5.41, 5.74) is 6.74. The molecule has 0 aliphatic rings. The van der Waals surface area contributed by atoms with E-state index in [1.54, 1.807) is 10.9 Å². The molecule has 4 nitrogen and oxygen atoms in total. The van der Waals surface area contributed by atoms with Crippen LogP contribution in [0.1, 0.15) is 17.7 Å². The van der Waals surface area contributed by atoms with E-state index in [4.69, 9.17) is 5.73 Å². The number of aryl methyl sites for hydroxylation is 2. The molecule has 1 atom stereocenters. The number of benzene rings is 1. The van der Waals surface area contributed by atoms with Gasteiger partial charge >= 0.3 is 0 Å². The monoisotopic (exact) mass is 284 g/mol. The minimum Gasteiger partial charge on any atom is -0.327 e. The number of nitrogens with two attached hydrogens (primary N) is 1. The van der Waals surface area contributed by atoms with Crippen molar-refractivity contribution in [2.75, 3.05) is 0 Å². The third kappa shape index (κ3) is 3.57. The highest BCUT2D eigenvalue weighted by Crippen LogP contribution is 2.15. The van der Waals surface area contributed by atoms with E-state index in [1.165, 1.54) is 0 Å². The van der Waals surface area contributed by atoms with E-state index in [2.05, 4.69) is 10.3 Å². The molecule has 0 saturated heterocycles. The Morgan fingerprint density at radius 1 is 1.20 bits per heavy atom. The first-order chi connectivity index (χ1) is 9.45. The lowest BCUT2D eigenvalue weighted by Gasteiger charge is -2.12. The largest absolute Gasteiger partial charge is 0.327 e. The third-order valence-electron chi connectivity index (χ3n) is 2.95. The van der Waals surface area contributed by atoms with Crippen LogP contribution in [0.5, 0.6) is 0 Å². The number of halogens is 3. The van der Waals surface area contributed by atoms with Gasteiger partial charge in [0.25, 0.3) is 0 Å². The molecule has 2 N–H and O–H groups in total. The second-order valence-corrected chi connectivity index (χ2v) is 4.73. The fourth-order valence-electron chi connectivity index (χ4n) is 1.91. The molecule has 7 heteroatoms. The van der Waals surface area contributed by atoms with E-state index < -0.39 is 17.5 Å². The van der Waals surface area contributed by atoms with Gasteiger partial charge in [-0.1, -0.05) is 5.21 Å². The molecule has 0 aliphatic carbocycles.